The second-order valence-electron chi connectivity index (χ2n) is 10.5. The Morgan fingerprint density at radius 2 is 1.71 bits per heavy atom. The van der Waals surface area contributed by atoms with Gasteiger partial charge in [0, 0.05) is 49.0 Å². The number of aromatic carboxylic acids is 1. The van der Waals surface area contributed by atoms with Gasteiger partial charge in [0.05, 0.1) is 11.9 Å². The van der Waals surface area contributed by atoms with E-state index in [1.165, 1.54) is 25.5 Å². The van der Waals surface area contributed by atoms with E-state index >= 15 is 0 Å². The summed E-state index contributed by atoms with van der Waals surface area (Å²) in [6.07, 6.45) is -1.55. The Morgan fingerprint density at radius 1 is 0.976 bits per heavy atom. The Bertz CT molecular complexity index is 1580. The van der Waals surface area contributed by atoms with E-state index in [0.717, 1.165) is 48.9 Å². The maximum atomic E-state index is 13.8. The molecule has 6 rings (SSSR count). The van der Waals surface area contributed by atoms with E-state index in [2.05, 4.69) is 32.0 Å². The van der Waals surface area contributed by atoms with Gasteiger partial charge < -0.3 is 10.0 Å². The van der Waals surface area contributed by atoms with Crippen LogP contribution in [0.15, 0.2) is 66.9 Å². The lowest BCUT2D eigenvalue weighted by atomic mass is 9.97. The minimum Gasteiger partial charge on any atom is -0.478 e. The highest BCUT2D eigenvalue weighted by atomic mass is 35.5. The van der Waals surface area contributed by atoms with Crippen molar-refractivity contribution in [3.05, 3.63) is 83.1 Å². The lowest BCUT2D eigenvalue weighted by Crippen LogP contribution is -2.47. The van der Waals surface area contributed by atoms with Crippen LogP contribution in [0, 0.1) is 5.92 Å². The molecule has 212 valence electrons. The molecule has 2 aromatic heterocycles. The standard InChI is InChI=1S/C30H27ClF3N5O2/c31-21-8-11-23(20-6-9-22(10-7-20)38-14-12-37(13-15-38)18-19-4-5-19)24(16-21)26-2-1-3-27(36-26)39-28(30(32,33)34)25(17-35-39)29(40)41/h1-3,6-11,16-17,19H,4-5,12-15,18H2,(H,40,41). The smallest absolute Gasteiger partial charge is 0.434 e. The summed E-state index contributed by atoms with van der Waals surface area (Å²) in [5.41, 5.74) is 1.51. The number of piperazine rings is 1. The van der Waals surface area contributed by atoms with Crippen molar-refractivity contribution in [2.45, 2.75) is 19.0 Å². The normalized spacial score (nSPS) is 16.2. The van der Waals surface area contributed by atoms with Gasteiger partial charge in [0.15, 0.2) is 11.5 Å². The second kappa shape index (κ2) is 10.8. The van der Waals surface area contributed by atoms with Gasteiger partial charge >= 0.3 is 12.1 Å². The molecule has 2 aliphatic rings. The summed E-state index contributed by atoms with van der Waals surface area (Å²) in [5, 5.41) is 13.4. The molecular formula is C30H27ClF3N5O2. The van der Waals surface area contributed by atoms with Gasteiger partial charge in [-0.1, -0.05) is 35.9 Å². The first-order valence-corrected chi connectivity index (χ1v) is 13.8. The van der Waals surface area contributed by atoms with Crippen molar-refractivity contribution in [2.24, 2.45) is 5.92 Å². The molecule has 4 aromatic rings. The molecule has 0 amide bonds. The quantitative estimate of drug-likeness (QED) is 0.268. The first kappa shape index (κ1) is 27.3. The van der Waals surface area contributed by atoms with Crippen molar-refractivity contribution in [2.75, 3.05) is 37.6 Å². The summed E-state index contributed by atoms with van der Waals surface area (Å²) in [6, 6.07) is 18.1. The fraction of sp³-hybridized carbons (Fsp3) is 0.300. The number of aromatic nitrogens is 3. The number of carboxylic acids is 1. The number of hydrogen-bond acceptors (Lipinski definition) is 5. The van der Waals surface area contributed by atoms with Crippen LogP contribution in [0.5, 0.6) is 0 Å². The highest BCUT2D eigenvalue weighted by molar-refractivity contribution is 6.31. The summed E-state index contributed by atoms with van der Waals surface area (Å²) >= 11 is 6.34. The van der Waals surface area contributed by atoms with Gasteiger partial charge in [0.1, 0.15) is 5.56 Å². The molecule has 2 fully saturated rings. The number of anilines is 1. The van der Waals surface area contributed by atoms with Crippen molar-refractivity contribution in [3.63, 3.8) is 0 Å². The van der Waals surface area contributed by atoms with Gasteiger partial charge in [0.2, 0.25) is 0 Å². The molecule has 7 nitrogen and oxygen atoms in total. The van der Waals surface area contributed by atoms with E-state index in [1.807, 2.05) is 18.2 Å². The Labute approximate surface area is 239 Å². The highest BCUT2D eigenvalue weighted by Gasteiger charge is 2.41. The molecule has 41 heavy (non-hydrogen) atoms. The number of nitrogens with zero attached hydrogens (tertiary/aromatic N) is 5. The Morgan fingerprint density at radius 3 is 2.37 bits per heavy atom. The minimum absolute atomic E-state index is 0.163. The average Bonchev–Trinajstić information content (AvgIpc) is 3.65. The predicted molar refractivity (Wildman–Crippen MR) is 151 cm³/mol. The highest BCUT2D eigenvalue weighted by Crippen LogP contribution is 2.37. The van der Waals surface area contributed by atoms with E-state index in [-0.39, 0.29) is 5.82 Å². The van der Waals surface area contributed by atoms with Crippen LogP contribution in [0.25, 0.3) is 28.2 Å². The van der Waals surface area contributed by atoms with Crippen LogP contribution in [0.4, 0.5) is 18.9 Å². The Hall–Kier alpha value is -3.89. The summed E-state index contributed by atoms with van der Waals surface area (Å²) in [7, 11) is 0. The average molecular weight is 582 g/mol. The first-order chi connectivity index (χ1) is 19.7. The van der Waals surface area contributed by atoms with E-state index in [9.17, 15) is 23.1 Å². The summed E-state index contributed by atoms with van der Waals surface area (Å²) in [6.45, 7) is 5.28. The van der Waals surface area contributed by atoms with Crippen LogP contribution in [0.2, 0.25) is 5.02 Å². The zero-order valence-electron chi connectivity index (χ0n) is 22.0. The maximum absolute atomic E-state index is 13.8. The molecule has 1 N–H and O–H groups in total. The van der Waals surface area contributed by atoms with Gasteiger partial charge in [-0.2, -0.15) is 18.3 Å². The Kier molecular flexibility index (Phi) is 7.21. The molecule has 1 aliphatic heterocycles. The van der Waals surface area contributed by atoms with Crippen LogP contribution < -0.4 is 4.90 Å². The van der Waals surface area contributed by atoms with E-state index in [0.29, 0.717) is 27.2 Å². The number of carbonyl (C=O) groups is 1. The molecule has 1 aliphatic carbocycles. The van der Waals surface area contributed by atoms with Gasteiger partial charge in [-0.3, -0.25) is 4.90 Å². The molecule has 0 radical (unpaired) electrons. The molecule has 0 unspecified atom stereocenters. The lowest BCUT2D eigenvalue weighted by molar-refractivity contribution is -0.143. The van der Waals surface area contributed by atoms with Crippen molar-refractivity contribution in [3.8, 4) is 28.2 Å². The predicted octanol–water partition coefficient (Wildman–Crippen LogP) is 6.50. The molecule has 2 aromatic carbocycles. The molecule has 0 bridgehead atoms. The lowest BCUT2D eigenvalue weighted by Gasteiger charge is -2.36. The van der Waals surface area contributed by atoms with Crippen molar-refractivity contribution >= 4 is 23.3 Å². The molecule has 0 spiro atoms. The number of benzene rings is 2. The van der Waals surface area contributed by atoms with E-state index in [1.54, 1.807) is 24.3 Å². The number of alkyl halides is 3. The van der Waals surface area contributed by atoms with Gasteiger partial charge in [-0.25, -0.2) is 14.5 Å². The Balaban J connectivity index is 1.29. The van der Waals surface area contributed by atoms with E-state index < -0.39 is 23.4 Å². The molecule has 1 saturated carbocycles. The van der Waals surface area contributed by atoms with Gasteiger partial charge in [0.25, 0.3) is 0 Å². The van der Waals surface area contributed by atoms with Crippen LogP contribution in [0.1, 0.15) is 28.9 Å². The summed E-state index contributed by atoms with van der Waals surface area (Å²) in [4.78, 5) is 20.8. The van der Waals surface area contributed by atoms with Gasteiger partial charge in [-0.15, -0.1) is 0 Å². The largest absolute Gasteiger partial charge is 0.478 e. The first-order valence-electron chi connectivity index (χ1n) is 13.4. The molecule has 0 atom stereocenters. The fourth-order valence-electron chi connectivity index (χ4n) is 5.33. The third-order valence-corrected chi connectivity index (χ3v) is 7.84. The van der Waals surface area contributed by atoms with E-state index in [4.69, 9.17) is 11.6 Å². The third kappa shape index (κ3) is 5.80. The number of carboxylic acid groups (broad SMARTS) is 1. The zero-order valence-corrected chi connectivity index (χ0v) is 22.7. The zero-order chi connectivity index (χ0) is 28.7. The number of rotatable bonds is 7. The monoisotopic (exact) mass is 581 g/mol. The van der Waals surface area contributed by atoms with Crippen LogP contribution in [-0.2, 0) is 6.18 Å². The van der Waals surface area contributed by atoms with Crippen LogP contribution in [0.3, 0.4) is 0 Å². The minimum atomic E-state index is -4.95. The van der Waals surface area contributed by atoms with Crippen molar-refractivity contribution in [1.82, 2.24) is 19.7 Å². The number of halogens is 4. The molecule has 1 saturated heterocycles. The van der Waals surface area contributed by atoms with Gasteiger partial charge in [-0.05, 0) is 66.3 Å². The fourth-order valence-corrected chi connectivity index (χ4v) is 5.50. The summed E-state index contributed by atoms with van der Waals surface area (Å²) in [5.74, 6) is -0.997. The number of hydrogen-bond donors (Lipinski definition) is 1. The van der Waals surface area contributed by atoms with Crippen LogP contribution in [-0.4, -0.2) is 63.5 Å². The summed E-state index contributed by atoms with van der Waals surface area (Å²) < 4.78 is 42.0. The molecular weight excluding hydrogens is 555 g/mol. The van der Waals surface area contributed by atoms with Crippen molar-refractivity contribution in [1.29, 1.82) is 0 Å². The second-order valence-corrected chi connectivity index (χ2v) is 10.9. The van der Waals surface area contributed by atoms with Crippen molar-refractivity contribution < 1.29 is 23.1 Å². The molecule has 11 heteroatoms. The topological polar surface area (TPSA) is 74.5 Å². The third-order valence-electron chi connectivity index (χ3n) is 7.61. The van der Waals surface area contributed by atoms with Crippen LogP contribution >= 0.6 is 11.6 Å². The SMILES string of the molecule is O=C(O)c1cnn(-c2cccc(-c3cc(Cl)ccc3-c3ccc(N4CCN(CC5CC5)CC4)cc3)n2)c1C(F)(F)F. The molecule has 3 heterocycles. The maximum Gasteiger partial charge on any atom is 0.434 e. The number of pyridine rings is 1.